The molecule has 2 aromatic heterocycles. The van der Waals surface area contributed by atoms with Crippen LogP contribution in [0.4, 0.5) is 0 Å². The van der Waals surface area contributed by atoms with E-state index < -0.39 is 0 Å². The predicted octanol–water partition coefficient (Wildman–Crippen LogP) is 4.02. The summed E-state index contributed by atoms with van der Waals surface area (Å²) in [6.45, 7) is 9.21. The maximum atomic E-state index is 4.45. The molecule has 1 unspecified atom stereocenters. The van der Waals surface area contributed by atoms with Crippen LogP contribution in [0.2, 0.25) is 0 Å². The Morgan fingerprint density at radius 3 is 2.83 bits per heavy atom. The molecule has 0 aromatic carbocycles. The van der Waals surface area contributed by atoms with E-state index in [4.69, 9.17) is 0 Å². The van der Waals surface area contributed by atoms with E-state index in [0.29, 0.717) is 5.41 Å². The molecule has 1 atom stereocenters. The second kappa shape index (κ2) is 3.84. The number of nitrogens with zero attached hydrogens (tertiary/aromatic N) is 1. The minimum atomic E-state index is 0.400. The van der Waals surface area contributed by atoms with E-state index in [-0.39, 0.29) is 0 Å². The van der Waals surface area contributed by atoms with Gasteiger partial charge in [0.05, 0.1) is 0 Å². The third-order valence-electron chi connectivity index (χ3n) is 4.51. The molecule has 0 bridgehead atoms. The van der Waals surface area contributed by atoms with Gasteiger partial charge in [0.1, 0.15) is 0 Å². The van der Waals surface area contributed by atoms with Crippen LogP contribution in [0.25, 0.3) is 10.9 Å². The van der Waals surface area contributed by atoms with Crippen LogP contribution in [-0.4, -0.2) is 9.97 Å². The maximum absolute atomic E-state index is 4.45. The van der Waals surface area contributed by atoms with Crippen molar-refractivity contribution in [1.29, 1.82) is 0 Å². The van der Waals surface area contributed by atoms with Gasteiger partial charge in [-0.2, -0.15) is 0 Å². The van der Waals surface area contributed by atoms with Gasteiger partial charge in [0.15, 0.2) is 0 Å². The summed E-state index contributed by atoms with van der Waals surface area (Å²) in [7, 11) is 0. The Morgan fingerprint density at radius 2 is 2.11 bits per heavy atom. The van der Waals surface area contributed by atoms with Gasteiger partial charge in [0.25, 0.3) is 0 Å². The van der Waals surface area contributed by atoms with Gasteiger partial charge in [0, 0.05) is 28.5 Å². The highest BCUT2D eigenvalue weighted by atomic mass is 14.8. The quantitative estimate of drug-likeness (QED) is 0.742. The SMILES string of the molecule is Cc1nccc2[nH]c3c(c12)CC(C(C)(C)C)CC3. The summed E-state index contributed by atoms with van der Waals surface area (Å²) in [5.41, 5.74) is 5.81. The minimum absolute atomic E-state index is 0.400. The Bertz CT molecular complexity index is 587. The summed E-state index contributed by atoms with van der Waals surface area (Å²) in [6, 6.07) is 2.10. The van der Waals surface area contributed by atoms with Gasteiger partial charge in [-0.1, -0.05) is 20.8 Å². The van der Waals surface area contributed by atoms with Crippen molar-refractivity contribution in [1.82, 2.24) is 9.97 Å². The highest BCUT2D eigenvalue weighted by molar-refractivity contribution is 5.86. The second-order valence-electron chi connectivity index (χ2n) is 6.71. The molecule has 0 saturated carbocycles. The third kappa shape index (κ3) is 1.75. The zero-order valence-electron chi connectivity index (χ0n) is 11.8. The fraction of sp³-hybridized carbons (Fsp3) is 0.562. The predicted molar refractivity (Wildman–Crippen MR) is 75.8 cm³/mol. The molecule has 0 amide bonds. The lowest BCUT2D eigenvalue weighted by Gasteiger charge is -2.34. The van der Waals surface area contributed by atoms with Crippen molar-refractivity contribution in [2.24, 2.45) is 11.3 Å². The molecule has 2 heterocycles. The van der Waals surface area contributed by atoms with Crippen LogP contribution < -0.4 is 0 Å². The number of hydrogen-bond donors (Lipinski definition) is 1. The number of aryl methyl sites for hydroxylation is 2. The van der Waals surface area contributed by atoms with E-state index in [2.05, 4.69) is 43.7 Å². The first-order valence-corrected chi connectivity index (χ1v) is 6.92. The molecule has 0 saturated heterocycles. The molecule has 1 N–H and O–H groups in total. The molecule has 18 heavy (non-hydrogen) atoms. The fourth-order valence-corrected chi connectivity index (χ4v) is 3.29. The number of fused-ring (bicyclic) bond motifs is 3. The van der Waals surface area contributed by atoms with Crippen LogP contribution >= 0.6 is 0 Å². The average molecular weight is 242 g/mol. The largest absolute Gasteiger partial charge is 0.358 e. The van der Waals surface area contributed by atoms with Gasteiger partial charge in [0.2, 0.25) is 0 Å². The van der Waals surface area contributed by atoms with E-state index in [1.807, 2.05) is 6.20 Å². The van der Waals surface area contributed by atoms with Gasteiger partial charge >= 0.3 is 0 Å². The molecule has 2 aromatic rings. The van der Waals surface area contributed by atoms with Crippen LogP contribution in [0.1, 0.15) is 44.1 Å². The van der Waals surface area contributed by atoms with Crippen LogP contribution in [0.15, 0.2) is 12.3 Å². The highest BCUT2D eigenvalue weighted by Crippen LogP contribution is 2.40. The van der Waals surface area contributed by atoms with E-state index in [1.54, 1.807) is 0 Å². The van der Waals surface area contributed by atoms with E-state index >= 15 is 0 Å². The zero-order chi connectivity index (χ0) is 12.9. The molecular weight excluding hydrogens is 220 g/mol. The molecular formula is C16H22N2. The van der Waals surface area contributed by atoms with Crippen molar-refractivity contribution in [2.75, 3.05) is 0 Å². The van der Waals surface area contributed by atoms with Crippen LogP contribution in [-0.2, 0) is 12.8 Å². The smallest absolute Gasteiger partial charge is 0.0492 e. The van der Waals surface area contributed by atoms with E-state index in [1.165, 1.54) is 47.1 Å². The summed E-state index contributed by atoms with van der Waals surface area (Å²) in [5, 5.41) is 1.38. The number of rotatable bonds is 0. The molecule has 0 fully saturated rings. The normalized spacial score (nSPS) is 20.1. The maximum Gasteiger partial charge on any atom is 0.0492 e. The van der Waals surface area contributed by atoms with Crippen molar-refractivity contribution in [3.63, 3.8) is 0 Å². The lowest BCUT2D eigenvalue weighted by Crippen LogP contribution is -2.26. The number of hydrogen-bond acceptors (Lipinski definition) is 1. The third-order valence-corrected chi connectivity index (χ3v) is 4.51. The number of aromatic amines is 1. The second-order valence-corrected chi connectivity index (χ2v) is 6.71. The van der Waals surface area contributed by atoms with Gasteiger partial charge in [-0.15, -0.1) is 0 Å². The molecule has 3 rings (SSSR count). The monoisotopic (exact) mass is 242 g/mol. The van der Waals surface area contributed by atoms with Crippen molar-refractivity contribution >= 4 is 10.9 Å². The summed E-state index contributed by atoms with van der Waals surface area (Å²) in [5.74, 6) is 0.781. The number of H-pyrrole nitrogens is 1. The van der Waals surface area contributed by atoms with Crippen LogP contribution in [0, 0.1) is 18.3 Å². The Hall–Kier alpha value is -1.31. The number of nitrogens with one attached hydrogen (secondary N) is 1. The first-order valence-electron chi connectivity index (χ1n) is 6.92. The summed E-state index contributed by atoms with van der Waals surface area (Å²) >= 11 is 0. The Labute approximate surface area is 109 Å². The molecule has 1 aliphatic carbocycles. The van der Waals surface area contributed by atoms with Gasteiger partial charge in [-0.25, -0.2) is 0 Å². The lowest BCUT2D eigenvalue weighted by atomic mass is 9.71. The summed E-state index contributed by atoms with van der Waals surface area (Å²) < 4.78 is 0. The summed E-state index contributed by atoms with van der Waals surface area (Å²) in [6.07, 6.45) is 5.59. The van der Waals surface area contributed by atoms with Crippen molar-refractivity contribution in [3.8, 4) is 0 Å². The Kier molecular flexibility index (Phi) is 2.51. The fourth-order valence-electron chi connectivity index (χ4n) is 3.29. The Balaban J connectivity index is 2.12. The van der Waals surface area contributed by atoms with Crippen molar-refractivity contribution < 1.29 is 0 Å². The Morgan fingerprint density at radius 1 is 1.33 bits per heavy atom. The topological polar surface area (TPSA) is 28.7 Å². The van der Waals surface area contributed by atoms with Crippen molar-refractivity contribution in [3.05, 3.63) is 29.2 Å². The number of aromatic nitrogens is 2. The first kappa shape index (κ1) is 11.8. The highest BCUT2D eigenvalue weighted by Gasteiger charge is 2.30. The standard InChI is InChI=1S/C16H22N2/c1-10-15-12-9-11(16(2,3)4)5-6-13(12)18-14(15)7-8-17-10/h7-8,11,18H,5-6,9H2,1-4H3. The minimum Gasteiger partial charge on any atom is -0.358 e. The van der Waals surface area contributed by atoms with Gasteiger partial charge in [-0.05, 0) is 49.1 Å². The molecule has 2 heteroatoms. The lowest BCUT2D eigenvalue weighted by molar-refractivity contribution is 0.216. The molecule has 96 valence electrons. The zero-order valence-corrected chi connectivity index (χ0v) is 11.8. The molecule has 0 aliphatic heterocycles. The average Bonchev–Trinajstić information content (AvgIpc) is 2.66. The van der Waals surface area contributed by atoms with E-state index in [0.717, 1.165) is 5.92 Å². The summed E-state index contributed by atoms with van der Waals surface area (Å²) in [4.78, 5) is 8.04. The first-order chi connectivity index (χ1) is 8.47. The van der Waals surface area contributed by atoms with Gasteiger partial charge in [-0.3, -0.25) is 4.98 Å². The van der Waals surface area contributed by atoms with Crippen molar-refractivity contribution in [2.45, 2.75) is 47.0 Å². The molecule has 2 nitrogen and oxygen atoms in total. The van der Waals surface area contributed by atoms with E-state index in [9.17, 15) is 0 Å². The molecule has 1 aliphatic rings. The molecule has 0 spiro atoms. The van der Waals surface area contributed by atoms with Crippen LogP contribution in [0.3, 0.4) is 0 Å². The number of pyridine rings is 1. The molecule has 0 radical (unpaired) electrons. The van der Waals surface area contributed by atoms with Crippen LogP contribution in [0.5, 0.6) is 0 Å². The van der Waals surface area contributed by atoms with Gasteiger partial charge < -0.3 is 4.98 Å².